The van der Waals surface area contributed by atoms with E-state index in [1.807, 2.05) is 17.0 Å². The van der Waals surface area contributed by atoms with E-state index < -0.39 is 23.7 Å². The summed E-state index contributed by atoms with van der Waals surface area (Å²) in [5, 5.41) is 11.6. The van der Waals surface area contributed by atoms with E-state index in [0.717, 1.165) is 11.6 Å². The number of aryl methyl sites for hydroxylation is 2. The van der Waals surface area contributed by atoms with Gasteiger partial charge in [-0.3, -0.25) is 9.69 Å². The van der Waals surface area contributed by atoms with Crippen molar-refractivity contribution in [2.24, 2.45) is 0 Å². The maximum atomic E-state index is 14.0. The SMILES string of the molecule is Cc1cc(F)cc2c(=O)[nH]c(CCC(O)N3CC=C(c4ccc(F)cc4F)CC3)cc12. The van der Waals surface area contributed by atoms with Crippen molar-refractivity contribution in [3.8, 4) is 0 Å². The molecule has 0 amide bonds. The van der Waals surface area contributed by atoms with E-state index in [0.29, 0.717) is 59.9 Å². The summed E-state index contributed by atoms with van der Waals surface area (Å²) in [6.07, 6.45) is 2.50. The molecule has 1 aromatic heterocycles. The van der Waals surface area contributed by atoms with Crippen LogP contribution in [0, 0.1) is 24.4 Å². The van der Waals surface area contributed by atoms with E-state index in [-0.39, 0.29) is 5.56 Å². The average molecular weight is 428 g/mol. The molecule has 31 heavy (non-hydrogen) atoms. The maximum Gasteiger partial charge on any atom is 0.256 e. The number of aliphatic hydroxyl groups excluding tert-OH is 1. The molecule has 0 saturated heterocycles. The molecular formula is C24H23F3N2O2. The highest BCUT2D eigenvalue weighted by molar-refractivity contribution is 5.85. The zero-order valence-corrected chi connectivity index (χ0v) is 17.1. The lowest BCUT2D eigenvalue weighted by molar-refractivity contribution is 0.00491. The molecule has 7 heteroatoms. The second-order valence-electron chi connectivity index (χ2n) is 7.93. The highest BCUT2D eigenvalue weighted by Gasteiger charge is 2.21. The first-order valence-electron chi connectivity index (χ1n) is 10.2. The average Bonchev–Trinajstić information content (AvgIpc) is 2.73. The first-order valence-corrected chi connectivity index (χ1v) is 10.2. The Morgan fingerprint density at radius 1 is 1.10 bits per heavy atom. The van der Waals surface area contributed by atoms with Gasteiger partial charge in [-0.15, -0.1) is 0 Å². The number of benzene rings is 2. The maximum absolute atomic E-state index is 14.0. The van der Waals surface area contributed by atoms with Crippen molar-refractivity contribution in [3.63, 3.8) is 0 Å². The molecule has 0 bridgehead atoms. The molecule has 1 aliphatic rings. The summed E-state index contributed by atoms with van der Waals surface area (Å²) in [5.41, 5.74) is 2.19. The van der Waals surface area contributed by atoms with E-state index in [2.05, 4.69) is 4.98 Å². The summed E-state index contributed by atoms with van der Waals surface area (Å²) in [4.78, 5) is 16.9. The van der Waals surface area contributed by atoms with Crippen LogP contribution in [0.25, 0.3) is 16.3 Å². The van der Waals surface area contributed by atoms with Crippen LogP contribution in [-0.2, 0) is 6.42 Å². The van der Waals surface area contributed by atoms with Gasteiger partial charge in [-0.1, -0.05) is 6.08 Å². The number of aromatic amines is 1. The van der Waals surface area contributed by atoms with E-state index in [9.17, 15) is 23.1 Å². The molecule has 2 N–H and O–H groups in total. The zero-order chi connectivity index (χ0) is 22.1. The lowest BCUT2D eigenvalue weighted by Gasteiger charge is -2.31. The topological polar surface area (TPSA) is 56.3 Å². The van der Waals surface area contributed by atoms with Gasteiger partial charge in [-0.25, -0.2) is 13.2 Å². The van der Waals surface area contributed by atoms with Crippen LogP contribution < -0.4 is 5.56 Å². The van der Waals surface area contributed by atoms with Gasteiger partial charge in [0.2, 0.25) is 0 Å². The Morgan fingerprint density at radius 2 is 1.90 bits per heavy atom. The quantitative estimate of drug-likeness (QED) is 0.637. The highest BCUT2D eigenvalue weighted by atomic mass is 19.1. The van der Waals surface area contributed by atoms with Gasteiger partial charge in [0.1, 0.15) is 23.7 Å². The lowest BCUT2D eigenvalue weighted by atomic mass is 9.98. The number of fused-ring (bicyclic) bond motifs is 1. The second kappa shape index (κ2) is 8.69. The van der Waals surface area contributed by atoms with Crippen molar-refractivity contribution in [2.45, 2.75) is 32.4 Å². The van der Waals surface area contributed by atoms with Crippen LogP contribution in [0.2, 0.25) is 0 Å². The number of rotatable bonds is 5. The van der Waals surface area contributed by atoms with Crippen LogP contribution in [0.1, 0.15) is 29.7 Å². The van der Waals surface area contributed by atoms with E-state index >= 15 is 0 Å². The van der Waals surface area contributed by atoms with Gasteiger partial charge in [0.15, 0.2) is 0 Å². The smallest absolute Gasteiger partial charge is 0.256 e. The Bertz CT molecular complexity index is 1220. The molecule has 4 nitrogen and oxygen atoms in total. The van der Waals surface area contributed by atoms with Gasteiger partial charge >= 0.3 is 0 Å². The molecule has 3 aromatic rings. The third-order valence-electron chi connectivity index (χ3n) is 5.80. The molecule has 4 rings (SSSR count). The normalized spacial score (nSPS) is 15.8. The van der Waals surface area contributed by atoms with Gasteiger partial charge in [-0.05, 0) is 73.0 Å². The molecule has 162 valence electrons. The molecule has 2 heterocycles. The van der Waals surface area contributed by atoms with Crippen LogP contribution in [-0.4, -0.2) is 34.3 Å². The Morgan fingerprint density at radius 3 is 2.61 bits per heavy atom. The van der Waals surface area contributed by atoms with Crippen molar-refractivity contribution in [1.29, 1.82) is 0 Å². The van der Waals surface area contributed by atoms with Crippen molar-refractivity contribution in [3.05, 3.63) is 87.1 Å². The Balaban J connectivity index is 1.42. The van der Waals surface area contributed by atoms with Crippen molar-refractivity contribution in [1.82, 2.24) is 9.88 Å². The number of hydrogen-bond acceptors (Lipinski definition) is 3. The number of aromatic nitrogens is 1. The van der Waals surface area contributed by atoms with Gasteiger partial charge in [0.25, 0.3) is 5.56 Å². The predicted molar refractivity (Wildman–Crippen MR) is 114 cm³/mol. The summed E-state index contributed by atoms with van der Waals surface area (Å²) < 4.78 is 40.7. The van der Waals surface area contributed by atoms with Gasteiger partial charge < -0.3 is 10.1 Å². The minimum absolute atomic E-state index is 0.309. The Labute approximate surface area is 177 Å². The third-order valence-corrected chi connectivity index (χ3v) is 5.80. The molecule has 1 atom stereocenters. The fourth-order valence-corrected chi connectivity index (χ4v) is 4.11. The molecule has 0 fully saturated rings. The van der Waals surface area contributed by atoms with E-state index in [1.54, 1.807) is 6.92 Å². The first kappa shape index (κ1) is 21.3. The summed E-state index contributed by atoms with van der Waals surface area (Å²) in [5.74, 6) is -1.64. The van der Waals surface area contributed by atoms with E-state index in [1.165, 1.54) is 24.3 Å². The summed E-state index contributed by atoms with van der Waals surface area (Å²) in [7, 11) is 0. The monoisotopic (exact) mass is 428 g/mol. The number of pyridine rings is 1. The molecule has 0 radical (unpaired) electrons. The number of aliphatic hydroxyl groups is 1. The fourth-order valence-electron chi connectivity index (χ4n) is 4.11. The molecule has 0 saturated carbocycles. The number of nitrogens with one attached hydrogen (secondary N) is 1. The standard InChI is InChI=1S/C24H23F3N2O2/c1-14-10-17(26)11-21-20(14)13-18(28-24(21)31)3-5-23(30)29-8-6-15(7-9-29)19-4-2-16(25)12-22(19)27/h2,4,6,10-13,23,30H,3,5,7-9H2,1H3,(H,28,31). The molecule has 1 aliphatic heterocycles. The molecule has 1 unspecified atom stereocenters. The van der Waals surface area contributed by atoms with Crippen LogP contribution in [0.4, 0.5) is 13.2 Å². The lowest BCUT2D eigenvalue weighted by Crippen LogP contribution is -2.38. The van der Waals surface area contributed by atoms with E-state index in [4.69, 9.17) is 0 Å². The van der Waals surface area contributed by atoms with Crippen LogP contribution in [0.3, 0.4) is 0 Å². The largest absolute Gasteiger partial charge is 0.378 e. The minimum Gasteiger partial charge on any atom is -0.378 e. The summed E-state index contributed by atoms with van der Waals surface area (Å²) >= 11 is 0. The van der Waals surface area contributed by atoms with Crippen LogP contribution in [0.5, 0.6) is 0 Å². The van der Waals surface area contributed by atoms with Gasteiger partial charge in [0.05, 0.1) is 5.39 Å². The molecular weight excluding hydrogens is 405 g/mol. The van der Waals surface area contributed by atoms with Crippen molar-refractivity contribution < 1.29 is 18.3 Å². The number of hydrogen-bond donors (Lipinski definition) is 2. The third kappa shape index (κ3) is 4.57. The van der Waals surface area contributed by atoms with Crippen LogP contribution in [0.15, 0.2) is 47.3 Å². The second-order valence-corrected chi connectivity index (χ2v) is 7.93. The summed E-state index contributed by atoms with van der Waals surface area (Å²) in [6, 6.07) is 7.98. The van der Waals surface area contributed by atoms with Crippen molar-refractivity contribution >= 4 is 16.3 Å². The zero-order valence-electron chi connectivity index (χ0n) is 17.1. The number of halogens is 3. The number of nitrogens with zero attached hydrogens (tertiary/aromatic N) is 1. The molecule has 0 aliphatic carbocycles. The minimum atomic E-state index is -0.732. The summed E-state index contributed by atoms with van der Waals surface area (Å²) in [6.45, 7) is 2.74. The van der Waals surface area contributed by atoms with Gasteiger partial charge in [0, 0.05) is 30.4 Å². The highest BCUT2D eigenvalue weighted by Crippen LogP contribution is 2.26. The molecule has 0 spiro atoms. The van der Waals surface area contributed by atoms with Crippen LogP contribution >= 0.6 is 0 Å². The predicted octanol–water partition coefficient (Wildman–Crippen LogP) is 4.29. The van der Waals surface area contributed by atoms with Crippen molar-refractivity contribution in [2.75, 3.05) is 13.1 Å². The number of H-pyrrole nitrogens is 1. The fraction of sp³-hybridized carbons (Fsp3) is 0.292. The van der Waals surface area contributed by atoms with Gasteiger partial charge in [-0.2, -0.15) is 0 Å². The molecule has 2 aromatic carbocycles. The Kier molecular flexibility index (Phi) is 5.98. The first-order chi connectivity index (χ1) is 14.8. The Hall–Kier alpha value is -2.90.